The Hall–Kier alpha value is -0.560. The predicted molar refractivity (Wildman–Crippen MR) is 116 cm³/mol. The van der Waals surface area contributed by atoms with E-state index < -0.39 is 0 Å². The van der Waals surface area contributed by atoms with Crippen LogP contribution in [-0.2, 0) is 0 Å². The van der Waals surface area contributed by atoms with Crippen LogP contribution in [0, 0.1) is 0 Å². The standard InChI is InChI=1S/C24H47N/c1-5-7-9-10-11-12-13-14-15-16-17-18-19-20-21-23-24(25(3)4)22-8-6-2/h11-12,14-15,24H,5-10,13,16-23H2,1-4H3/b12-11+,15-14+. The minimum Gasteiger partial charge on any atom is -0.306 e. The molecule has 0 spiro atoms. The Bertz CT molecular complexity index is 303. The van der Waals surface area contributed by atoms with Gasteiger partial charge in [-0.05, 0) is 59.0 Å². The monoisotopic (exact) mass is 349 g/mol. The second-order valence-corrected chi connectivity index (χ2v) is 7.78. The van der Waals surface area contributed by atoms with Crippen LogP contribution in [0.25, 0.3) is 0 Å². The lowest BCUT2D eigenvalue weighted by molar-refractivity contribution is 0.253. The zero-order valence-corrected chi connectivity index (χ0v) is 17.9. The highest BCUT2D eigenvalue weighted by Crippen LogP contribution is 2.15. The molecule has 0 aromatic carbocycles. The molecule has 0 aromatic rings. The van der Waals surface area contributed by atoms with Crippen molar-refractivity contribution in [2.45, 2.75) is 116 Å². The lowest BCUT2D eigenvalue weighted by Crippen LogP contribution is -2.27. The highest BCUT2D eigenvalue weighted by atomic mass is 15.1. The van der Waals surface area contributed by atoms with E-state index >= 15 is 0 Å². The molecule has 1 atom stereocenters. The van der Waals surface area contributed by atoms with E-state index in [0.29, 0.717) is 0 Å². The summed E-state index contributed by atoms with van der Waals surface area (Å²) in [5, 5.41) is 0. The quantitative estimate of drug-likeness (QED) is 0.179. The molecule has 0 saturated heterocycles. The van der Waals surface area contributed by atoms with Gasteiger partial charge in [0.05, 0.1) is 0 Å². The van der Waals surface area contributed by atoms with Gasteiger partial charge in [0.15, 0.2) is 0 Å². The lowest BCUT2D eigenvalue weighted by atomic mass is 10.0. The zero-order valence-electron chi connectivity index (χ0n) is 17.9. The van der Waals surface area contributed by atoms with Crippen molar-refractivity contribution in [3.8, 4) is 0 Å². The van der Waals surface area contributed by atoms with E-state index in [-0.39, 0.29) is 0 Å². The molecule has 1 heteroatoms. The maximum Gasteiger partial charge on any atom is 0.00891 e. The number of rotatable bonds is 18. The van der Waals surface area contributed by atoms with Crippen LogP contribution in [0.1, 0.15) is 110 Å². The Morgan fingerprint density at radius 3 is 1.72 bits per heavy atom. The highest BCUT2D eigenvalue weighted by Gasteiger charge is 2.09. The molecule has 0 aromatic heterocycles. The van der Waals surface area contributed by atoms with E-state index in [4.69, 9.17) is 0 Å². The van der Waals surface area contributed by atoms with Gasteiger partial charge in [-0.15, -0.1) is 0 Å². The summed E-state index contributed by atoms with van der Waals surface area (Å²) in [7, 11) is 4.49. The topological polar surface area (TPSA) is 3.24 Å². The number of allylic oxidation sites excluding steroid dienone is 4. The molecule has 0 heterocycles. The first-order valence-corrected chi connectivity index (χ1v) is 11.2. The molecule has 0 fully saturated rings. The number of unbranched alkanes of at least 4 members (excludes halogenated alkanes) is 9. The molecule has 25 heavy (non-hydrogen) atoms. The zero-order chi connectivity index (χ0) is 18.6. The summed E-state index contributed by atoms with van der Waals surface area (Å²) in [5.41, 5.74) is 0. The van der Waals surface area contributed by atoms with Crippen molar-refractivity contribution in [2.75, 3.05) is 14.1 Å². The molecule has 0 rings (SSSR count). The van der Waals surface area contributed by atoms with Crippen LogP contribution in [0.4, 0.5) is 0 Å². The van der Waals surface area contributed by atoms with Crippen molar-refractivity contribution < 1.29 is 0 Å². The Morgan fingerprint density at radius 2 is 1.12 bits per heavy atom. The number of hydrogen-bond acceptors (Lipinski definition) is 1. The lowest BCUT2D eigenvalue weighted by Gasteiger charge is -2.24. The van der Waals surface area contributed by atoms with E-state index in [1.54, 1.807) is 0 Å². The van der Waals surface area contributed by atoms with Crippen molar-refractivity contribution >= 4 is 0 Å². The first-order valence-electron chi connectivity index (χ1n) is 11.2. The molecule has 0 N–H and O–H groups in total. The summed E-state index contributed by atoms with van der Waals surface area (Å²) in [4.78, 5) is 2.43. The second kappa shape index (κ2) is 19.8. The van der Waals surface area contributed by atoms with Crippen LogP contribution in [0.2, 0.25) is 0 Å². The molecule has 0 bridgehead atoms. The van der Waals surface area contributed by atoms with Gasteiger partial charge in [-0.1, -0.05) is 89.5 Å². The van der Waals surface area contributed by atoms with E-state index in [1.807, 2.05) is 0 Å². The van der Waals surface area contributed by atoms with Crippen molar-refractivity contribution in [3.63, 3.8) is 0 Å². The fourth-order valence-electron chi connectivity index (χ4n) is 3.29. The van der Waals surface area contributed by atoms with Gasteiger partial charge in [-0.2, -0.15) is 0 Å². The third-order valence-electron chi connectivity index (χ3n) is 5.11. The predicted octanol–water partition coefficient (Wildman–Crippen LogP) is 7.92. The summed E-state index contributed by atoms with van der Waals surface area (Å²) in [6, 6.07) is 0.804. The number of hydrogen-bond donors (Lipinski definition) is 0. The Kier molecular flexibility index (Phi) is 19.3. The Labute approximate surface area is 160 Å². The average molecular weight is 350 g/mol. The van der Waals surface area contributed by atoms with Gasteiger partial charge < -0.3 is 4.90 Å². The smallest absolute Gasteiger partial charge is 0.00891 e. The third kappa shape index (κ3) is 18.0. The van der Waals surface area contributed by atoms with Gasteiger partial charge in [0.1, 0.15) is 0 Å². The van der Waals surface area contributed by atoms with Crippen molar-refractivity contribution in [1.82, 2.24) is 4.90 Å². The maximum absolute atomic E-state index is 2.43. The van der Waals surface area contributed by atoms with Crippen LogP contribution in [0.3, 0.4) is 0 Å². The van der Waals surface area contributed by atoms with Crippen LogP contribution in [-0.4, -0.2) is 25.0 Å². The molecule has 0 aliphatic rings. The third-order valence-corrected chi connectivity index (χ3v) is 5.11. The Morgan fingerprint density at radius 1 is 0.600 bits per heavy atom. The average Bonchev–Trinajstić information content (AvgIpc) is 2.60. The first-order chi connectivity index (χ1) is 12.2. The number of nitrogens with zero attached hydrogens (tertiary/aromatic N) is 1. The summed E-state index contributed by atoms with van der Waals surface area (Å²) < 4.78 is 0. The molecular formula is C24H47N. The van der Waals surface area contributed by atoms with E-state index in [2.05, 4.69) is 57.1 Å². The largest absolute Gasteiger partial charge is 0.306 e. The fourth-order valence-corrected chi connectivity index (χ4v) is 3.29. The summed E-state index contributed by atoms with van der Waals surface area (Å²) in [6.45, 7) is 4.56. The SMILES string of the molecule is CCCCC/C=C/C/C=C/CCCCCCCC(CCCC)N(C)C. The van der Waals surface area contributed by atoms with Crippen LogP contribution >= 0.6 is 0 Å². The van der Waals surface area contributed by atoms with Crippen LogP contribution < -0.4 is 0 Å². The van der Waals surface area contributed by atoms with E-state index in [9.17, 15) is 0 Å². The van der Waals surface area contributed by atoms with Gasteiger partial charge >= 0.3 is 0 Å². The van der Waals surface area contributed by atoms with Crippen molar-refractivity contribution in [2.24, 2.45) is 0 Å². The van der Waals surface area contributed by atoms with Gasteiger partial charge in [-0.25, -0.2) is 0 Å². The van der Waals surface area contributed by atoms with Crippen molar-refractivity contribution in [1.29, 1.82) is 0 Å². The first kappa shape index (κ1) is 24.4. The van der Waals surface area contributed by atoms with Gasteiger partial charge in [0.2, 0.25) is 0 Å². The van der Waals surface area contributed by atoms with Crippen molar-refractivity contribution in [3.05, 3.63) is 24.3 Å². The van der Waals surface area contributed by atoms with Gasteiger partial charge in [0, 0.05) is 6.04 Å². The normalized spacial score (nSPS) is 13.5. The minimum atomic E-state index is 0.804. The molecule has 0 aliphatic heterocycles. The fraction of sp³-hybridized carbons (Fsp3) is 0.833. The second-order valence-electron chi connectivity index (χ2n) is 7.78. The van der Waals surface area contributed by atoms with Gasteiger partial charge in [0.25, 0.3) is 0 Å². The molecular weight excluding hydrogens is 302 g/mol. The van der Waals surface area contributed by atoms with Crippen LogP contribution in [0.15, 0.2) is 24.3 Å². The van der Waals surface area contributed by atoms with E-state index in [1.165, 1.54) is 89.9 Å². The summed E-state index contributed by atoms with van der Waals surface area (Å²) >= 11 is 0. The Balaban J connectivity index is 3.41. The summed E-state index contributed by atoms with van der Waals surface area (Å²) in [5.74, 6) is 0. The molecule has 1 nitrogen and oxygen atoms in total. The molecule has 0 radical (unpaired) electrons. The summed E-state index contributed by atoms with van der Waals surface area (Å²) in [6.07, 6.45) is 29.6. The molecule has 148 valence electrons. The van der Waals surface area contributed by atoms with Gasteiger partial charge in [-0.3, -0.25) is 0 Å². The molecule has 0 saturated carbocycles. The van der Waals surface area contributed by atoms with Crippen LogP contribution in [0.5, 0.6) is 0 Å². The molecule has 1 unspecified atom stereocenters. The highest BCUT2D eigenvalue weighted by molar-refractivity contribution is 4.92. The van der Waals surface area contributed by atoms with E-state index in [0.717, 1.165) is 12.5 Å². The molecule has 0 aliphatic carbocycles. The minimum absolute atomic E-state index is 0.804. The maximum atomic E-state index is 2.43. The molecule has 0 amide bonds.